The lowest BCUT2D eigenvalue weighted by atomic mass is 10.1. The second-order valence-electron chi connectivity index (χ2n) is 5.92. The van der Waals surface area contributed by atoms with Crippen LogP contribution in [0.25, 0.3) is 0 Å². The van der Waals surface area contributed by atoms with Crippen molar-refractivity contribution in [3.63, 3.8) is 0 Å². The molecule has 1 aromatic heterocycles. The summed E-state index contributed by atoms with van der Waals surface area (Å²) < 4.78 is 50.0. The van der Waals surface area contributed by atoms with Crippen molar-refractivity contribution in [2.24, 2.45) is 5.10 Å². The molecule has 1 N–H and O–H groups in total. The second kappa shape index (κ2) is 6.90. The fraction of sp³-hybridized carbons (Fsp3) is 0.294. The van der Waals surface area contributed by atoms with Gasteiger partial charge in [-0.25, -0.2) is 0 Å². The van der Waals surface area contributed by atoms with Crippen LogP contribution in [-0.2, 0) is 6.61 Å². The SMILES string of the molecule is Cc1ccc(Cl)c(OCc2ccc(C(=O)N3N=CCC3(O)C(F)(F)F)o2)c1. The van der Waals surface area contributed by atoms with Gasteiger partial charge in [0.25, 0.3) is 5.72 Å². The Bertz CT molecular complexity index is 897. The molecule has 0 bridgehead atoms. The molecule has 1 unspecified atom stereocenters. The third kappa shape index (κ3) is 3.65. The number of nitrogens with zero attached hydrogens (tertiary/aromatic N) is 2. The van der Waals surface area contributed by atoms with E-state index in [1.54, 1.807) is 18.2 Å². The number of aliphatic hydroxyl groups is 1. The average molecular weight is 403 g/mol. The monoisotopic (exact) mass is 402 g/mol. The molecule has 0 aliphatic carbocycles. The molecular formula is C17H14ClF3N2O4. The van der Waals surface area contributed by atoms with E-state index < -0.39 is 30.0 Å². The van der Waals surface area contributed by atoms with Gasteiger partial charge in [0.1, 0.15) is 18.1 Å². The Morgan fingerprint density at radius 1 is 1.41 bits per heavy atom. The molecular weight excluding hydrogens is 389 g/mol. The normalized spacial score (nSPS) is 19.6. The highest BCUT2D eigenvalue weighted by molar-refractivity contribution is 6.32. The van der Waals surface area contributed by atoms with Crippen molar-refractivity contribution in [3.8, 4) is 5.75 Å². The molecule has 144 valence electrons. The van der Waals surface area contributed by atoms with Crippen LogP contribution in [0.4, 0.5) is 13.2 Å². The molecule has 0 spiro atoms. The van der Waals surface area contributed by atoms with Gasteiger partial charge >= 0.3 is 12.1 Å². The molecule has 0 radical (unpaired) electrons. The zero-order valence-corrected chi connectivity index (χ0v) is 14.7. The lowest BCUT2D eigenvalue weighted by Gasteiger charge is -2.31. The number of aryl methyl sites for hydroxylation is 1. The molecule has 1 aliphatic heterocycles. The molecule has 2 aromatic rings. The summed E-state index contributed by atoms with van der Waals surface area (Å²) in [6, 6.07) is 7.73. The predicted molar refractivity (Wildman–Crippen MR) is 89.5 cm³/mol. The minimum absolute atomic E-state index is 0.0338. The van der Waals surface area contributed by atoms with Gasteiger partial charge in [0, 0.05) is 12.6 Å². The molecule has 10 heteroatoms. The lowest BCUT2D eigenvalue weighted by molar-refractivity contribution is -0.297. The third-order valence-electron chi connectivity index (χ3n) is 3.90. The molecule has 6 nitrogen and oxygen atoms in total. The molecule has 3 rings (SSSR count). The molecule has 0 fully saturated rings. The number of furan rings is 1. The number of carbonyl (C=O) groups is 1. The zero-order valence-electron chi connectivity index (χ0n) is 14.0. The van der Waals surface area contributed by atoms with Gasteiger partial charge in [-0.2, -0.15) is 23.3 Å². The largest absolute Gasteiger partial charge is 0.484 e. The summed E-state index contributed by atoms with van der Waals surface area (Å²) in [7, 11) is 0. The van der Waals surface area contributed by atoms with Crippen LogP contribution in [-0.4, -0.2) is 34.1 Å². The number of hydrogen-bond donors (Lipinski definition) is 1. The first-order chi connectivity index (χ1) is 12.6. The summed E-state index contributed by atoms with van der Waals surface area (Å²) in [6.45, 7) is 1.76. The molecule has 2 heterocycles. The molecule has 27 heavy (non-hydrogen) atoms. The number of amides is 1. The Balaban J connectivity index is 1.73. The number of halogens is 4. The smallest absolute Gasteiger partial charge is 0.438 e. The van der Waals surface area contributed by atoms with Crippen molar-refractivity contribution in [2.45, 2.75) is 31.9 Å². The van der Waals surface area contributed by atoms with Crippen molar-refractivity contribution in [1.29, 1.82) is 0 Å². The summed E-state index contributed by atoms with van der Waals surface area (Å²) in [5, 5.41) is 13.5. The number of carbonyl (C=O) groups excluding carboxylic acids is 1. The fourth-order valence-corrected chi connectivity index (χ4v) is 2.60. The molecule has 1 aliphatic rings. The van der Waals surface area contributed by atoms with E-state index in [0.29, 0.717) is 10.8 Å². The highest BCUT2D eigenvalue weighted by atomic mass is 35.5. The van der Waals surface area contributed by atoms with Gasteiger partial charge in [-0.15, -0.1) is 0 Å². The van der Waals surface area contributed by atoms with Crippen LogP contribution in [0.2, 0.25) is 5.02 Å². The highest BCUT2D eigenvalue weighted by Crippen LogP contribution is 2.39. The van der Waals surface area contributed by atoms with Crippen LogP contribution in [0.5, 0.6) is 5.75 Å². The van der Waals surface area contributed by atoms with E-state index in [1.165, 1.54) is 12.1 Å². The summed E-state index contributed by atoms with van der Waals surface area (Å²) in [5.74, 6) is -1.04. The Morgan fingerprint density at radius 3 is 2.85 bits per heavy atom. The van der Waals surface area contributed by atoms with Gasteiger partial charge in [0.2, 0.25) is 0 Å². The first-order valence-electron chi connectivity index (χ1n) is 7.75. The third-order valence-corrected chi connectivity index (χ3v) is 4.21. The van der Waals surface area contributed by atoms with E-state index in [0.717, 1.165) is 11.8 Å². The van der Waals surface area contributed by atoms with E-state index in [4.69, 9.17) is 20.8 Å². The summed E-state index contributed by atoms with van der Waals surface area (Å²) in [5.41, 5.74) is -2.48. The molecule has 0 saturated carbocycles. The Kier molecular flexibility index (Phi) is 4.92. The summed E-state index contributed by atoms with van der Waals surface area (Å²) in [4.78, 5) is 12.3. The number of rotatable bonds is 4. The maximum absolute atomic E-state index is 13.1. The Hall–Kier alpha value is -2.52. The molecule has 0 saturated heterocycles. The minimum Gasteiger partial charge on any atom is -0.484 e. The van der Waals surface area contributed by atoms with Crippen molar-refractivity contribution in [3.05, 3.63) is 52.4 Å². The predicted octanol–water partition coefficient (Wildman–Crippen LogP) is 3.90. The first-order valence-corrected chi connectivity index (χ1v) is 8.13. The van der Waals surface area contributed by atoms with Gasteiger partial charge in [-0.3, -0.25) is 4.79 Å². The number of hydrazone groups is 1. The highest BCUT2D eigenvalue weighted by Gasteiger charge is 2.61. The average Bonchev–Trinajstić information content (AvgIpc) is 3.22. The van der Waals surface area contributed by atoms with Gasteiger partial charge < -0.3 is 14.3 Å². The van der Waals surface area contributed by atoms with Gasteiger partial charge in [-0.1, -0.05) is 17.7 Å². The molecule has 1 amide bonds. The quantitative estimate of drug-likeness (QED) is 0.841. The van der Waals surface area contributed by atoms with E-state index in [1.807, 2.05) is 6.92 Å². The standard InChI is InChI=1S/C17H14ClF3N2O4/c1-10-2-4-12(18)14(8-10)26-9-11-3-5-13(27-11)15(24)23-16(25,6-7-22-23)17(19,20)21/h2-5,7-8,25H,6,9H2,1H3. The van der Waals surface area contributed by atoms with Crippen molar-refractivity contribution < 1.29 is 32.2 Å². The van der Waals surface area contributed by atoms with Crippen molar-refractivity contribution in [1.82, 2.24) is 5.01 Å². The topological polar surface area (TPSA) is 75.3 Å². The van der Waals surface area contributed by atoms with E-state index >= 15 is 0 Å². The van der Waals surface area contributed by atoms with E-state index in [-0.39, 0.29) is 17.4 Å². The van der Waals surface area contributed by atoms with Crippen LogP contribution in [0.3, 0.4) is 0 Å². The van der Waals surface area contributed by atoms with Gasteiger partial charge in [0.15, 0.2) is 5.76 Å². The van der Waals surface area contributed by atoms with Gasteiger partial charge in [0.05, 0.1) is 5.02 Å². The number of alkyl halides is 3. The van der Waals surface area contributed by atoms with E-state index in [2.05, 4.69) is 5.10 Å². The van der Waals surface area contributed by atoms with Crippen molar-refractivity contribution in [2.75, 3.05) is 0 Å². The Morgan fingerprint density at radius 2 is 2.15 bits per heavy atom. The minimum atomic E-state index is -5.07. The van der Waals surface area contributed by atoms with Crippen LogP contribution in [0.1, 0.15) is 28.3 Å². The summed E-state index contributed by atoms with van der Waals surface area (Å²) >= 11 is 6.01. The number of benzene rings is 1. The Labute approximate surface area is 156 Å². The number of ether oxygens (including phenoxy) is 1. The lowest BCUT2D eigenvalue weighted by Crippen LogP contribution is -2.56. The zero-order chi connectivity index (χ0) is 19.8. The fourth-order valence-electron chi connectivity index (χ4n) is 2.43. The summed E-state index contributed by atoms with van der Waals surface area (Å²) in [6.07, 6.45) is -5.11. The maximum atomic E-state index is 13.1. The van der Waals surface area contributed by atoms with Crippen molar-refractivity contribution >= 4 is 23.7 Å². The van der Waals surface area contributed by atoms with Crippen LogP contribution in [0, 0.1) is 6.92 Å². The number of hydrogen-bond acceptors (Lipinski definition) is 5. The van der Waals surface area contributed by atoms with Crippen LogP contribution < -0.4 is 4.74 Å². The second-order valence-corrected chi connectivity index (χ2v) is 6.33. The molecule has 1 aromatic carbocycles. The van der Waals surface area contributed by atoms with Crippen LogP contribution in [0.15, 0.2) is 39.9 Å². The first kappa shape index (κ1) is 19.2. The van der Waals surface area contributed by atoms with Gasteiger partial charge in [-0.05, 0) is 36.8 Å². The van der Waals surface area contributed by atoms with Crippen LogP contribution >= 0.6 is 11.6 Å². The van der Waals surface area contributed by atoms with E-state index in [9.17, 15) is 23.1 Å². The maximum Gasteiger partial charge on any atom is 0.438 e. The molecule has 1 atom stereocenters.